The fraction of sp³-hybridized carbons (Fsp3) is 0.364. The number of amides is 2. The molecule has 0 fully saturated rings. The third kappa shape index (κ3) is 5.74. The van der Waals surface area contributed by atoms with Gasteiger partial charge in [0, 0.05) is 6.20 Å². The second-order valence-corrected chi connectivity index (χ2v) is 3.25. The Morgan fingerprint density at radius 3 is 2.31 bits per heavy atom. The molecule has 0 unspecified atom stereocenters. The van der Waals surface area contributed by atoms with E-state index in [1.54, 1.807) is 18.3 Å². The molecule has 2 amide bonds. The molecule has 16 heavy (non-hydrogen) atoms. The Kier molecular flexibility index (Phi) is 6.51. The largest absolute Gasteiger partial charge is 0.361 e. The Labute approximate surface area is 95.1 Å². The van der Waals surface area contributed by atoms with Gasteiger partial charge in [0.15, 0.2) is 0 Å². The average molecular weight is 223 g/mol. The lowest BCUT2D eigenvalue weighted by molar-refractivity contribution is -0.134. The van der Waals surface area contributed by atoms with Crippen molar-refractivity contribution >= 4 is 17.6 Å². The Hall–Kier alpha value is -1.91. The van der Waals surface area contributed by atoms with Crippen molar-refractivity contribution in [2.45, 2.75) is 27.2 Å². The molecule has 0 aliphatic rings. The molecule has 0 spiro atoms. The first-order valence-corrected chi connectivity index (χ1v) is 5.04. The van der Waals surface area contributed by atoms with E-state index in [4.69, 9.17) is 5.73 Å². The van der Waals surface area contributed by atoms with Crippen LogP contribution in [0.15, 0.2) is 18.3 Å². The minimum absolute atomic E-state index is 0.314. The van der Waals surface area contributed by atoms with Crippen LogP contribution in [0.5, 0.6) is 0 Å². The summed E-state index contributed by atoms with van der Waals surface area (Å²) in [6.45, 7) is 6.12. The molecule has 0 radical (unpaired) electrons. The van der Waals surface area contributed by atoms with E-state index in [-0.39, 0.29) is 0 Å². The van der Waals surface area contributed by atoms with E-state index in [1.165, 1.54) is 6.42 Å². The Morgan fingerprint density at radius 2 is 1.94 bits per heavy atom. The van der Waals surface area contributed by atoms with Gasteiger partial charge in [-0.1, -0.05) is 26.3 Å². The predicted octanol–water partition coefficient (Wildman–Crippen LogP) is 1.23. The van der Waals surface area contributed by atoms with Crippen LogP contribution in [0.2, 0.25) is 0 Å². The Morgan fingerprint density at radius 1 is 1.38 bits per heavy atom. The highest BCUT2D eigenvalue weighted by Gasteiger charge is 2.08. The highest BCUT2D eigenvalue weighted by atomic mass is 16.2. The van der Waals surface area contributed by atoms with E-state index in [2.05, 4.69) is 24.1 Å². The second-order valence-electron chi connectivity index (χ2n) is 3.25. The highest BCUT2D eigenvalue weighted by Crippen LogP contribution is 2.02. The number of nitrogens with one attached hydrogen (secondary N) is 1. The minimum Gasteiger partial charge on any atom is -0.361 e. The molecule has 0 aromatic carbocycles. The quantitative estimate of drug-likeness (QED) is 0.702. The van der Waals surface area contributed by atoms with Gasteiger partial charge in [-0.3, -0.25) is 9.59 Å². The molecule has 0 aliphatic carbocycles. The van der Waals surface area contributed by atoms with Crippen molar-refractivity contribution in [2.24, 2.45) is 5.73 Å². The lowest BCUT2D eigenvalue weighted by atomic mass is 10.3. The van der Waals surface area contributed by atoms with E-state index >= 15 is 0 Å². The Balaban J connectivity index is 0.000000673. The number of pyridine rings is 1. The van der Waals surface area contributed by atoms with Crippen molar-refractivity contribution in [1.29, 1.82) is 0 Å². The minimum atomic E-state index is -1.03. The predicted molar refractivity (Wildman–Crippen MR) is 62.8 cm³/mol. The van der Waals surface area contributed by atoms with Gasteiger partial charge < -0.3 is 11.1 Å². The van der Waals surface area contributed by atoms with Crippen molar-refractivity contribution < 1.29 is 9.59 Å². The fourth-order valence-corrected chi connectivity index (χ4v) is 0.720. The second kappa shape index (κ2) is 7.39. The number of hydrogen-bond acceptors (Lipinski definition) is 3. The average Bonchev–Trinajstić information content (AvgIpc) is 2.22. The molecule has 1 aromatic heterocycles. The van der Waals surface area contributed by atoms with Crippen molar-refractivity contribution in [1.82, 2.24) is 4.98 Å². The van der Waals surface area contributed by atoms with E-state index in [9.17, 15) is 9.59 Å². The molecule has 1 aromatic rings. The number of aromatic nitrogens is 1. The number of nitrogens with two attached hydrogens (primary N) is 1. The summed E-state index contributed by atoms with van der Waals surface area (Å²) in [6.07, 6.45) is 2.83. The third-order valence-corrected chi connectivity index (χ3v) is 1.38. The van der Waals surface area contributed by atoms with Gasteiger partial charge in [0.05, 0.1) is 0 Å². The maximum absolute atomic E-state index is 10.8. The van der Waals surface area contributed by atoms with Crippen LogP contribution in [-0.4, -0.2) is 16.8 Å². The summed E-state index contributed by atoms with van der Waals surface area (Å²) in [5.74, 6) is -1.58. The van der Waals surface area contributed by atoms with Crippen LogP contribution in [0.4, 0.5) is 5.82 Å². The van der Waals surface area contributed by atoms with E-state index in [1.807, 2.05) is 6.92 Å². The number of hydrogen-bond donors (Lipinski definition) is 2. The monoisotopic (exact) mass is 223 g/mol. The van der Waals surface area contributed by atoms with Crippen LogP contribution >= 0.6 is 0 Å². The summed E-state index contributed by atoms with van der Waals surface area (Å²) in [6, 6.07) is 3.36. The van der Waals surface area contributed by atoms with Crippen LogP contribution in [0, 0.1) is 6.92 Å². The standard InChI is InChI=1S/C8H9N3O2.C3H8/c1-5-2-3-6(10-4-5)11-8(13)7(9)12;1-3-2/h2-4H,1H3,(H2,9,12)(H,10,11,13);3H2,1-2H3. The summed E-state index contributed by atoms with van der Waals surface area (Å²) in [4.78, 5) is 25.0. The molecule has 1 rings (SSSR count). The van der Waals surface area contributed by atoms with Gasteiger partial charge in [-0.05, 0) is 18.6 Å². The number of rotatable bonds is 1. The summed E-state index contributed by atoms with van der Waals surface area (Å²) in [5, 5.41) is 2.24. The first-order valence-electron chi connectivity index (χ1n) is 5.04. The van der Waals surface area contributed by atoms with Gasteiger partial charge in [-0.15, -0.1) is 0 Å². The molecule has 0 saturated heterocycles. The van der Waals surface area contributed by atoms with Crippen molar-refractivity contribution in [3.8, 4) is 0 Å². The van der Waals surface area contributed by atoms with Crippen LogP contribution in [0.3, 0.4) is 0 Å². The lowest BCUT2D eigenvalue weighted by Gasteiger charge is -2.00. The molecule has 5 nitrogen and oxygen atoms in total. The number of primary amides is 1. The van der Waals surface area contributed by atoms with Gasteiger partial charge in [0.2, 0.25) is 0 Å². The van der Waals surface area contributed by atoms with Gasteiger partial charge in [-0.2, -0.15) is 0 Å². The number of carbonyl (C=O) groups excluding carboxylic acids is 2. The first-order chi connectivity index (χ1) is 7.51. The summed E-state index contributed by atoms with van der Waals surface area (Å²) in [7, 11) is 0. The van der Waals surface area contributed by atoms with Crippen LogP contribution < -0.4 is 11.1 Å². The van der Waals surface area contributed by atoms with Crippen LogP contribution in [0.25, 0.3) is 0 Å². The maximum atomic E-state index is 10.8. The number of anilines is 1. The SMILES string of the molecule is CCC.Cc1ccc(NC(=O)C(N)=O)nc1. The molecular weight excluding hydrogens is 206 g/mol. The zero-order valence-corrected chi connectivity index (χ0v) is 9.78. The Bertz CT molecular complexity index is 347. The third-order valence-electron chi connectivity index (χ3n) is 1.38. The van der Waals surface area contributed by atoms with Crippen molar-refractivity contribution in [3.05, 3.63) is 23.9 Å². The molecule has 0 bridgehead atoms. The number of aryl methyl sites for hydroxylation is 1. The van der Waals surface area contributed by atoms with Crippen molar-refractivity contribution in [2.75, 3.05) is 5.32 Å². The molecule has 0 saturated carbocycles. The van der Waals surface area contributed by atoms with E-state index in [0.717, 1.165) is 5.56 Å². The zero-order chi connectivity index (χ0) is 12.6. The molecule has 1 heterocycles. The summed E-state index contributed by atoms with van der Waals surface area (Å²) >= 11 is 0. The maximum Gasteiger partial charge on any atom is 0.314 e. The van der Waals surface area contributed by atoms with E-state index in [0.29, 0.717) is 5.82 Å². The molecule has 5 heteroatoms. The van der Waals surface area contributed by atoms with E-state index < -0.39 is 11.8 Å². The van der Waals surface area contributed by atoms with Gasteiger partial charge >= 0.3 is 11.8 Å². The van der Waals surface area contributed by atoms with Crippen molar-refractivity contribution in [3.63, 3.8) is 0 Å². The van der Waals surface area contributed by atoms with Gasteiger partial charge in [0.1, 0.15) is 5.82 Å². The van der Waals surface area contributed by atoms with Gasteiger partial charge in [0.25, 0.3) is 0 Å². The number of carbonyl (C=O) groups is 2. The summed E-state index contributed by atoms with van der Waals surface area (Å²) < 4.78 is 0. The topological polar surface area (TPSA) is 85.1 Å². The zero-order valence-electron chi connectivity index (χ0n) is 9.78. The van der Waals surface area contributed by atoms with Crippen LogP contribution in [0.1, 0.15) is 25.8 Å². The molecule has 0 aliphatic heterocycles. The van der Waals surface area contributed by atoms with Gasteiger partial charge in [-0.25, -0.2) is 4.98 Å². The smallest absolute Gasteiger partial charge is 0.314 e. The lowest BCUT2D eigenvalue weighted by Crippen LogP contribution is -2.29. The summed E-state index contributed by atoms with van der Waals surface area (Å²) in [5.41, 5.74) is 5.70. The fourth-order valence-electron chi connectivity index (χ4n) is 0.720. The molecule has 3 N–H and O–H groups in total. The highest BCUT2D eigenvalue weighted by molar-refractivity contribution is 6.38. The van der Waals surface area contributed by atoms with Crippen LogP contribution in [-0.2, 0) is 9.59 Å². The first kappa shape index (κ1) is 14.1. The normalized spacial score (nSPS) is 8.69. The number of nitrogens with zero attached hydrogens (tertiary/aromatic N) is 1. The molecular formula is C11H17N3O2. The molecule has 88 valence electrons. The molecule has 0 atom stereocenters.